The van der Waals surface area contributed by atoms with Crippen LogP contribution in [0.2, 0.25) is 0 Å². The number of ketones is 2. The molecule has 120 valence electrons. The van der Waals surface area contributed by atoms with Crippen molar-refractivity contribution in [1.29, 1.82) is 0 Å². The molecule has 5 aliphatic carbocycles. The van der Waals surface area contributed by atoms with E-state index in [4.69, 9.17) is 55.9 Å². The van der Waals surface area contributed by atoms with Crippen molar-refractivity contribution in [2.75, 3.05) is 14.2 Å². The molecule has 0 aliphatic heterocycles. The Labute approximate surface area is 146 Å². The van der Waals surface area contributed by atoms with Crippen LogP contribution in [0.5, 0.6) is 0 Å². The Kier molecular flexibility index (Phi) is 2.10. The lowest BCUT2D eigenvalue weighted by molar-refractivity contribution is -0.224. The minimum atomic E-state index is -1.60. The van der Waals surface area contributed by atoms with Gasteiger partial charge in [0.2, 0.25) is 5.79 Å². The topological polar surface area (TPSA) is 52.6 Å². The van der Waals surface area contributed by atoms with Gasteiger partial charge >= 0.3 is 0 Å². The molecule has 2 bridgehead atoms. The van der Waals surface area contributed by atoms with Gasteiger partial charge in [-0.1, -0.05) is 6.92 Å². The van der Waals surface area contributed by atoms with Crippen LogP contribution in [0.1, 0.15) is 6.92 Å². The Balaban J connectivity index is 2.01. The summed E-state index contributed by atoms with van der Waals surface area (Å²) in [6, 6.07) is 0. The standard InChI is InChI=1S/C14H12Cl4O4/c1-9-7-6(19)4-5(8(9)20)11(16)13(9,18)12(7,17)10(4,15)14(11,21-2)22-3/h4-5,7H,1-3H3/t4-,5+,7+,9+,10+,11+,12+,13+/m0/s1. The predicted molar refractivity (Wildman–Crippen MR) is 79.7 cm³/mol. The Hall–Kier alpha value is 0.420. The lowest BCUT2D eigenvalue weighted by Crippen LogP contribution is -2.78. The highest BCUT2D eigenvalue weighted by molar-refractivity contribution is 6.57. The summed E-state index contributed by atoms with van der Waals surface area (Å²) < 4.78 is 11.3. The molecule has 5 aliphatic rings. The van der Waals surface area contributed by atoms with E-state index in [0.717, 1.165) is 0 Å². The summed E-state index contributed by atoms with van der Waals surface area (Å²) in [4.78, 5) is 20.3. The Morgan fingerprint density at radius 1 is 0.909 bits per heavy atom. The first kappa shape index (κ1) is 14.7. The normalized spacial score (nSPS) is 68.2. The van der Waals surface area contributed by atoms with Gasteiger partial charge in [-0.15, -0.1) is 46.4 Å². The van der Waals surface area contributed by atoms with Gasteiger partial charge in [-0.05, 0) is 0 Å². The van der Waals surface area contributed by atoms with Crippen molar-refractivity contribution >= 4 is 58.0 Å². The van der Waals surface area contributed by atoms with E-state index in [2.05, 4.69) is 0 Å². The maximum absolute atomic E-state index is 13.0. The molecule has 5 fully saturated rings. The Bertz CT molecular complexity index is 709. The highest BCUT2D eigenvalue weighted by Crippen LogP contribution is 2.98. The molecule has 0 radical (unpaired) electrons. The summed E-state index contributed by atoms with van der Waals surface area (Å²) in [5.41, 5.74) is -1.13. The molecule has 0 N–H and O–H groups in total. The summed E-state index contributed by atoms with van der Waals surface area (Å²) in [7, 11) is 2.78. The quantitative estimate of drug-likeness (QED) is 0.538. The van der Waals surface area contributed by atoms with Crippen molar-refractivity contribution in [3.05, 3.63) is 0 Å². The van der Waals surface area contributed by atoms with Gasteiger partial charge in [0, 0.05) is 14.2 Å². The van der Waals surface area contributed by atoms with Crippen LogP contribution in [0.25, 0.3) is 0 Å². The fraction of sp³-hybridized carbons (Fsp3) is 0.857. The van der Waals surface area contributed by atoms with Crippen molar-refractivity contribution in [2.24, 2.45) is 23.2 Å². The number of fused-ring (bicyclic) bond motifs is 2. The first-order chi connectivity index (χ1) is 10.1. The van der Waals surface area contributed by atoms with Crippen LogP contribution in [0, 0.1) is 23.2 Å². The van der Waals surface area contributed by atoms with Crippen LogP contribution >= 0.6 is 46.4 Å². The molecule has 0 unspecified atom stereocenters. The lowest BCUT2D eigenvalue weighted by atomic mass is 9.48. The third-order valence-corrected chi connectivity index (χ3v) is 11.0. The molecule has 0 aromatic carbocycles. The molecule has 0 saturated heterocycles. The fourth-order valence-corrected chi connectivity index (χ4v) is 10.3. The van der Waals surface area contributed by atoms with Crippen LogP contribution in [-0.2, 0) is 19.1 Å². The van der Waals surface area contributed by atoms with Crippen molar-refractivity contribution in [1.82, 2.24) is 0 Å². The second-order valence-corrected chi connectivity index (χ2v) is 9.53. The zero-order chi connectivity index (χ0) is 16.3. The largest absolute Gasteiger partial charge is 0.350 e. The van der Waals surface area contributed by atoms with Gasteiger partial charge in [0.05, 0.1) is 23.2 Å². The van der Waals surface area contributed by atoms with E-state index in [0.29, 0.717) is 0 Å². The number of hydrogen-bond donors (Lipinski definition) is 0. The summed E-state index contributed by atoms with van der Waals surface area (Å²) in [5, 5.41) is 0. The van der Waals surface area contributed by atoms with E-state index in [1.165, 1.54) is 14.2 Å². The van der Waals surface area contributed by atoms with E-state index >= 15 is 0 Å². The van der Waals surface area contributed by atoms with Crippen LogP contribution < -0.4 is 0 Å². The van der Waals surface area contributed by atoms with Crippen molar-refractivity contribution < 1.29 is 19.1 Å². The molecule has 0 amide bonds. The Morgan fingerprint density at radius 2 is 1.45 bits per heavy atom. The number of ether oxygens (including phenoxy) is 2. The van der Waals surface area contributed by atoms with Crippen molar-refractivity contribution in [3.8, 4) is 0 Å². The van der Waals surface area contributed by atoms with Gasteiger partial charge in [0.25, 0.3) is 0 Å². The zero-order valence-electron chi connectivity index (χ0n) is 11.9. The number of hydrogen-bond acceptors (Lipinski definition) is 4. The maximum atomic E-state index is 13.0. The number of alkyl halides is 4. The molecule has 0 spiro atoms. The second-order valence-electron chi connectivity index (χ2n) is 7.18. The number of halogens is 4. The minimum absolute atomic E-state index is 0.146. The van der Waals surface area contributed by atoms with Gasteiger partial charge in [-0.3, -0.25) is 9.59 Å². The smallest absolute Gasteiger partial charge is 0.211 e. The minimum Gasteiger partial charge on any atom is -0.350 e. The van der Waals surface area contributed by atoms with Crippen LogP contribution in [-0.4, -0.2) is 51.1 Å². The molecule has 8 heteroatoms. The van der Waals surface area contributed by atoms with E-state index in [-0.39, 0.29) is 11.6 Å². The van der Waals surface area contributed by atoms with Gasteiger partial charge in [0.1, 0.15) is 31.1 Å². The zero-order valence-corrected chi connectivity index (χ0v) is 14.9. The number of carbonyl (C=O) groups excluding carboxylic acids is 2. The Morgan fingerprint density at radius 3 is 1.95 bits per heavy atom. The van der Waals surface area contributed by atoms with Gasteiger partial charge in [-0.2, -0.15) is 0 Å². The number of carbonyl (C=O) groups is 2. The molecule has 22 heavy (non-hydrogen) atoms. The van der Waals surface area contributed by atoms with Crippen molar-refractivity contribution in [2.45, 2.75) is 32.2 Å². The average molecular weight is 386 g/mol. The first-order valence-electron chi connectivity index (χ1n) is 6.99. The SMILES string of the molecule is COC1(OC)[C@@]2(Cl)[C@@H]3C(=O)[C@H]4[C@]2(Cl)[C@@]2(Cl)[C@@]4(C)C(=O)[C@@H]3[C@]12Cl. The van der Waals surface area contributed by atoms with Crippen LogP contribution in [0.3, 0.4) is 0 Å². The molecule has 0 aromatic rings. The van der Waals surface area contributed by atoms with Gasteiger partial charge in [-0.25, -0.2) is 0 Å². The third-order valence-electron chi connectivity index (χ3n) is 7.33. The fourth-order valence-electron chi connectivity index (χ4n) is 6.90. The molecule has 5 saturated carbocycles. The summed E-state index contributed by atoms with van der Waals surface area (Å²) in [6.45, 7) is 1.67. The third kappa shape index (κ3) is 0.680. The van der Waals surface area contributed by atoms with Crippen molar-refractivity contribution in [3.63, 3.8) is 0 Å². The highest BCUT2D eigenvalue weighted by Gasteiger charge is 3.15. The molecule has 5 rings (SSSR count). The molecule has 8 atom stereocenters. The lowest BCUT2D eigenvalue weighted by Gasteiger charge is -2.63. The first-order valence-corrected chi connectivity index (χ1v) is 8.50. The number of rotatable bonds is 2. The van der Waals surface area contributed by atoms with Gasteiger partial charge < -0.3 is 9.47 Å². The highest BCUT2D eigenvalue weighted by atomic mass is 35.5. The van der Waals surface area contributed by atoms with Crippen LogP contribution in [0.4, 0.5) is 0 Å². The predicted octanol–water partition coefficient (Wildman–Crippen LogP) is 1.95. The molecule has 0 heterocycles. The number of methoxy groups -OCH3 is 2. The van der Waals surface area contributed by atoms with E-state index in [1.54, 1.807) is 6.92 Å². The van der Waals surface area contributed by atoms with Gasteiger partial charge in [0.15, 0.2) is 0 Å². The summed E-state index contributed by atoms with van der Waals surface area (Å²) in [6.07, 6.45) is 0. The maximum Gasteiger partial charge on any atom is 0.211 e. The summed E-state index contributed by atoms with van der Waals surface area (Å²) >= 11 is 27.8. The molecular weight excluding hydrogens is 374 g/mol. The molecule has 4 nitrogen and oxygen atoms in total. The number of Topliss-reactive ketones (excluding diaryl/α,β-unsaturated/α-hetero) is 2. The van der Waals surface area contributed by atoms with E-state index in [1.807, 2.05) is 0 Å². The van der Waals surface area contributed by atoms with E-state index in [9.17, 15) is 9.59 Å². The molecule has 0 aromatic heterocycles. The van der Waals surface area contributed by atoms with Crippen LogP contribution in [0.15, 0.2) is 0 Å². The second kappa shape index (κ2) is 3.13. The summed E-state index contributed by atoms with van der Waals surface area (Å²) in [5.74, 6) is -4.32. The molecular formula is C14H12Cl4O4. The monoisotopic (exact) mass is 384 g/mol. The average Bonchev–Trinajstić information content (AvgIpc) is 2.77. The van der Waals surface area contributed by atoms with E-state index < -0.39 is 48.5 Å².